The molecule has 0 fully saturated rings. The highest BCUT2D eigenvalue weighted by molar-refractivity contribution is 5.87. The van der Waals surface area contributed by atoms with Gasteiger partial charge in [-0.1, -0.05) is 42.5 Å². The van der Waals surface area contributed by atoms with Crippen LogP contribution in [0.1, 0.15) is 25.6 Å². The van der Waals surface area contributed by atoms with Gasteiger partial charge in [0, 0.05) is 5.56 Å². The van der Waals surface area contributed by atoms with Crippen molar-refractivity contribution in [1.29, 1.82) is 0 Å². The summed E-state index contributed by atoms with van der Waals surface area (Å²) in [5.74, 6) is 0. The maximum Gasteiger partial charge on any atom is 0.409 e. The van der Waals surface area contributed by atoms with E-state index in [0.29, 0.717) is 0 Å². The highest BCUT2D eigenvalue weighted by Gasteiger charge is 2.20. The molecule has 122 valence electrons. The van der Waals surface area contributed by atoms with E-state index in [1.165, 1.54) is 0 Å². The number of fused-ring (bicyclic) bond motifs is 1. The zero-order valence-electron chi connectivity index (χ0n) is 13.2. The van der Waals surface area contributed by atoms with E-state index >= 15 is 0 Å². The zero-order valence-corrected chi connectivity index (χ0v) is 13.2. The van der Waals surface area contributed by atoms with Crippen molar-refractivity contribution in [3.63, 3.8) is 0 Å². The molecule has 2 N–H and O–H groups in total. The predicted molar refractivity (Wildman–Crippen MR) is 87.0 cm³/mol. The minimum absolute atomic E-state index is 0.244. The minimum Gasteiger partial charge on any atom is -0.450 e. The van der Waals surface area contributed by atoms with Crippen molar-refractivity contribution in [2.45, 2.75) is 20.0 Å². The van der Waals surface area contributed by atoms with Gasteiger partial charge >= 0.3 is 12.2 Å². The second-order valence-electron chi connectivity index (χ2n) is 4.73. The van der Waals surface area contributed by atoms with E-state index in [9.17, 15) is 9.59 Å². The summed E-state index contributed by atoms with van der Waals surface area (Å²) in [6, 6.07) is 13.4. The smallest absolute Gasteiger partial charge is 0.409 e. The van der Waals surface area contributed by atoms with Gasteiger partial charge in [0.25, 0.3) is 0 Å². The van der Waals surface area contributed by atoms with E-state index in [4.69, 9.17) is 9.47 Å². The summed E-state index contributed by atoms with van der Waals surface area (Å²) < 4.78 is 9.81. The first-order valence-electron chi connectivity index (χ1n) is 7.50. The quantitative estimate of drug-likeness (QED) is 0.830. The first-order valence-corrected chi connectivity index (χ1v) is 7.50. The van der Waals surface area contributed by atoms with E-state index in [0.717, 1.165) is 16.3 Å². The first-order chi connectivity index (χ1) is 11.2. The lowest BCUT2D eigenvalue weighted by Gasteiger charge is -2.21. The van der Waals surface area contributed by atoms with Crippen LogP contribution in [0.25, 0.3) is 10.8 Å². The fourth-order valence-corrected chi connectivity index (χ4v) is 2.28. The molecule has 0 spiro atoms. The number of carbonyl (C=O) groups excluding carboxylic acids is 2. The van der Waals surface area contributed by atoms with Gasteiger partial charge in [-0.05, 0) is 24.6 Å². The average Bonchev–Trinajstić information content (AvgIpc) is 2.54. The Kier molecular flexibility index (Phi) is 5.80. The number of carbonyl (C=O) groups is 2. The van der Waals surface area contributed by atoms with Crippen LogP contribution >= 0.6 is 0 Å². The highest BCUT2D eigenvalue weighted by Crippen LogP contribution is 2.23. The van der Waals surface area contributed by atoms with Crippen LogP contribution < -0.4 is 10.6 Å². The van der Waals surface area contributed by atoms with Gasteiger partial charge in [0.05, 0.1) is 13.2 Å². The molecule has 0 radical (unpaired) electrons. The van der Waals surface area contributed by atoms with E-state index in [2.05, 4.69) is 10.6 Å². The molecule has 2 rings (SSSR count). The van der Waals surface area contributed by atoms with Gasteiger partial charge in [-0.2, -0.15) is 0 Å². The Hall–Kier alpha value is -2.76. The van der Waals surface area contributed by atoms with Gasteiger partial charge in [0.1, 0.15) is 6.17 Å². The van der Waals surface area contributed by atoms with Crippen LogP contribution in [-0.2, 0) is 9.47 Å². The maximum absolute atomic E-state index is 11.8. The van der Waals surface area contributed by atoms with Crippen LogP contribution in [0.5, 0.6) is 0 Å². The molecule has 6 heteroatoms. The monoisotopic (exact) mass is 316 g/mol. The Bertz CT molecular complexity index is 662. The normalized spacial score (nSPS) is 10.4. The van der Waals surface area contributed by atoms with Crippen molar-refractivity contribution in [1.82, 2.24) is 10.6 Å². The second-order valence-corrected chi connectivity index (χ2v) is 4.73. The Labute approximate surface area is 134 Å². The first kappa shape index (κ1) is 16.6. The molecule has 0 aromatic heterocycles. The molecule has 0 bridgehead atoms. The molecule has 0 atom stereocenters. The zero-order chi connectivity index (χ0) is 16.7. The van der Waals surface area contributed by atoms with E-state index in [-0.39, 0.29) is 13.2 Å². The lowest BCUT2D eigenvalue weighted by atomic mass is 10.0. The molecule has 2 aromatic rings. The predicted octanol–water partition coefficient (Wildman–Crippen LogP) is 3.33. The third kappa shape index (κ3) is 4.35. The van der Waals surface area contributed by atoms with Gasteiger partial charge in [0.15, 0.2) is 0 Å². The molecule has 0 aliphatic heterocycles. The summed E-state index contributed by atoms with van der Waals surface area (Å²) in [4.78, 5) is 23.6. The Morgan fingerprint density at radius 1 is 0.913 bits per heavy atom. The van der Waals surface area contributed by atoms with Crippen molar-refractivity contribution in [2.75, 3.05) is 13.2 Å². The molecule has 0 saturated carbocycles. The average molecular weight is 316 g/mol. The van der Waals surface area contributed by atoms with Gasteiger partial charge in [-0.15, -0.1) is 0 Å². The SMILES string of the molecule is CCOC(=O)NC(NC(=O)OCC)c1cccc2ccccc12. The third-order valence-electron chi connectivity index (χ3n) is 3.21. The second kappa shape index (κ2) is 8.03. The molecule has 0 aliphatic rings. The number of hydrogen-bond acceptors (Lipinski definition) is 4. The van der Waals surface area contributed by atoms with Crippen LogP contribution in [0.4, 0.5) is 9.59 Å². The summed E-state index contributed by atoms with van der Waals surface area (Å²) in [6.07, 6.45) is -1.97. The van der Waals surface area contributed by atoms with E-state index in [1.54, 1.807) is 13.8 Å². The van der Waals surface area contributed by atoms with Crippen LogP contribution in [0.15, 0.2) is 42.5 Å². The van der Waals surface area contributed by atoms with Crippen molar-refractivity contribution in [3.8, 4) is 0 Å². The van der Waals surface area contributed by atoms with Crippen molar-refractivity contribution >= 4 is 23.0 Å². The lowest BCUT2D eigenvalue weighted by Crippen LogP contribution is -2.41. The van der Waals surface area contributed by atoms with Crippen LogP contribution in [-0.4, -0.2) is 25.4 Å². The van der Waals surface area contributed by atoms with Crippen LogP contribution in [0.2, 0.25) is 0 Å². The Morgan fingerprint density at radius 3 is 2.09 bits per heavy atom. The van der Waals surface area contributed by atoms with Gasteiger partial charge in [0.2, 0.25) is 0 Å². The van der Waals surface area contributed by atoms with Gasteiger partial charge < -0.3 is 9.47 Å². The number of hydrogen-bond donors (Lipinski definition) is 2. The molecule has 0 unspecified atom stereocenters. The summed E-state index contributed by atoms with van der Waals surface area (Å²) in [7, 11) is 0. The molecule has 2 amide bonds. The molecule has 0 saturated heterocycles. The van der Waals surface area contributed by atoms with Crippen molar-refractivity contribution in [3.05, 3.63) is 48.0 Å². The number of benzene rings is 2. The van der Waals surface area contributed by atoms with Crippen LogP contribution in [0.3, 0.4) is 0 Å². The molecule has 6 nitrogen and oxygen atoms in total. The molecule has 0 heterocycles. The number of alkyl carbamates (subject to hydrolysis) is 2. The fraction of sp³-hybridized carbons (Fsp3) is 0.294. The Balaban J connectivity index is 2.34. The van der Waals surface area contributed by atoms with Crippen molar-refractivity contribution in [2.24, 2.45) is 0 Å². The maximum atomic E-state index is 11.8. The summed E-state index contributed by atoms with van der Waals surface area (Å²) in [5, 5.41) is 7.22. The van der Waals surface area contributed by atoms with E-state index < -0.39 is 18.4 Å². The summed E-state index contributed by atoms with van der Waals surface area (Å²) in [5.41, 5.74) is 0.754. The molecule has 0 aliphatic carbocycles. The van der Waals surface area contributed by atoms with Crippen LogP contribution in [0, 0.1) is 0 Å². The van der Waals surface area contributed by atoms with Gasteiger partial charge in [-0.25, -0.2) is 9.59 Å². The highest BCUT2D eigenvalue weighted by atomic mass is 16.6. The fourth-order valence-electron chi connectivity index (χ4n) is 2.28. The number of amides is 2. The van der Waals surface area contributed by atoms with E-state index in [1.807, 2.05) is 42.5 Å². The number of rotatable bonds is 5. The Morgan fingerprint density at radius 2 is 1.48 bits per heavy atom. The minimum atomic E-state index is -0.751. The molecule has 2 aromatic carbocycles. The molecular weight excluding hydrogens is 296 g/mol. The topological polar surface area (TPSA) is 76.7 Å². The summed E-state index contributed by atoms with van der Waals surface area (Å²) >= 11 is 0. The number of ether oxygens (including phenoxy) is 2. The molecular formula is C17H20N2O4. The molecule has 23 heavy (non-hydrogen) atoms. The third-order valence-corrected chi connectivity index (χ3v) is 3.21. The van der Waals surface area contributed by atoms with Gasteiger partial charge in [-0.3, -0.25) is 10.6 Å². The largest absolute Gasteiger partial charge is 0.450 e. The van der Waals surface area contributed by atoms with Crippen molar-refractivity contribution < 1.29 is 19.1 Å². The lowest BCUT2D eigenvalue weighted by molar-refractivity contribution is 0.135. The number of nitrogens with one attached hydrogen (secondary N) is 2. The summed E-state index contributed by atoms with van der Waals surface area (Å²) in [6.45, 7) is 3.91. The standard InChI is InChI=1S/C17H20N2O4/c1-3-22-16(20)18-15(19-17(21)23-4-2)14-11-7-9-12-8-5-6-10-13(12)14/h5-11,15H,3-4H2,1-2H3,(H,18,20)(H,19,21).